The number of rotatable bonds is 6. The summed E-state index contributed by atoms with van der Waals surface area (Å²) in [5.41, 5.74) is 15.3. The van der Waals surface area contributed by atoms with Crippen molar-refractivity contribution in [2.75, 3.05) is 0 Å². The van der Waals surface area contributed by atoms with E-state index >= 15 is 0 Å². The van der Waals surface area contributed by atoms with Crippen molar-refractivity contribution in [3.05, 3.63) is 168 Å². The van der Waals surface area contributed by atoms with Gasteiger partial charge in [-0.1, -0.05) is 120 Å². The molecule has 0 N–H and O–H groups in total. The van der Waals surface area contributed by atoms with Gasteiger partial charge in [0.15, 0.2) is 0 Å². The minimum absolute atomic E-state index is 0.688. The zero-order valence-corrected chi connectivity index (χ0v) is 26.0. The lowest BCUT2D eigenvalue weighted by Gasteiger charge is -2.15. The van der Waals surface area contributed by atoms with Crippen LogP contribution in [-0.2, 0) is 0 Å². The Morgan fingerprint density at radius 1 is 0.378 bits per heavy atom. The van der Waals surface area contributed by atoms with Crippen LogP contribution in [0.4, 0.5) is 0 Å². The molecule has 0 radical (unpaired) electrons. The molecule has 0 bridgehead atoms. The maximum atomic E-state index is 6.82. The Kier molecular flexibility index (Phi) is 7.82. The molecular formula is C42H31ClN2. The van der Waals surface area contributed by atoms with Crippen LogP contribution in [0.25, 0.3) is 67.0 Å². The van der Waals surface area contributed by atoms with Gasteiger partial charge in [0.1, 0.15) is 0 Å². The molecule has 7 rings (SSSR count). The first-order chi connectivity index (χ1) is 22.0. The third-order valence-electron chi connectivity index (χ3n) is 8.15. The van der Waals surface area contributed by atoms with Crippen LogP contribution in [0.3, 0.4) is 0 Å². The summed E-state index contributed by atoms with van der Waals surface area (Å²) in [4.78, 5) is 9.65. The van der Waals surface area contributed by atoms with Gasteiger partial charge >= 0.3 is 0 Å². The van der Waals surface area contributed by atoms with Crippen LogP contribution in [0.5, 0.6) is 0 Å². The van der Waals surface area contributed by atoms with E-state index < -0.39 is 0 Å². The molecule has 0 aliphatic carbocycles. The molecule has 2 aromatic heterocycles. The van der Waals surface area contributed by atoms with Gasteiger partial charge in [-0.2, -0.15) is 0 Å². The number of benzene rings is 5. The van der Waals surface area contributed by atoms with Gasteiger partial charge in [-0.15, -0.1) is 0 Å². The van der Waals surface area contributed by atoms with Crippen LogP contribution >= 0.6 is 11.6 Å². The summed E-state index contributed by atoms with van der Waals surface area (Å²) >= 11 is 6.82. The fourth-order valence-corrected chi connectivity index (χ4v) is 6.17. The monoisotopic (exact) mass is 598 g/mol. The van der Waals surface area contributed by atoms with Crippen LogP contribution in [0.1, 0.15) is 11.1 Å². The second-order valence-electron chi connectivity index (χ2n) is 11.4. The van der Waals surface area contributed by atoms with Gasteiger partial charge in [0.2, 0.25) is 0 Å². The van der Waals surface area contributed by atoms with Gasteiger partial charge in [0.25, 0.3) is 0 Å². The Labute approximate surface area is 269 Å². The first-order valence-electron chi connectivity index (χ1n) is 15.1. The third-order valence-corrected chi connectivity index (χ3v) is 8.37. The maximum absolute atomic E-state index is 6.82. The molecule has 2 nitrogen and oxygen atoms in total. The lowest BCUT2D eigenvalue weighted by atomic mass is 9.90. The van der Waals surface area contributed by atoms with E-state index in [2.05, 4.69) is 141 Å². The molecule has 0 unspecified atom stereocenters. The molecule has 2 heterocycles. The van der Waals surface area contributed by atoms with E-state index in [1.165, 1.54) is 11.1 Å². The van der Waals surface area contributed by atoms with Crippen LogP contribution in [0.2, 0.25) is 5.02 Å². The second-order valence-corrected chi connectivity index (χ2v) is 11.9. The van der Waals surface area contributed by atoms with Gasteiger partial charge in [-0.3, -0.25) is 9.97 Å². The lowest BCUT2D eigenvalue weighted by molar-refractivity contribution is 1.32. The smallest absolute Gasteiger partial charge is 0.0702 e. The molecule has 216 valence electrons. The molecule has 0 fully saturated rings. The van der Waals surface area contributed by atoms with Crippen molar-refractivity contribution >= 4 is 11.6 Å². The average molecular weight is 599 g/mol. The van der Waals surface area contributed by atoms with E-state index in [1.807, 2.05) is 24.5 Å². The normalized spacial score (nSPS) is 11.0. The molecular weight excluding hydrogens is 568 g/mol. The fourth-order valence-electron chi connectivity index (χ4n) is 5.93. The van der Waals surface area contributed by atoms with Crippen molar-refractivity contribution in [2.24, 2.45) is 0 Å². The summed E-state index contributed by atoms with van der Waals surface area (Å²) in [6.07, 6.45) is 3.93. The van der Waals surface area contributed by atoms with E-state index in [0.717, 1.165) is 67.0 Å². The van der Waals surface area contributed by atoms with Crippen molar-refractivity contribution in [2.45, 2.75) is 13.8 Å². The standard InChI is InChI=1S/C42H31ClN2/c1-28-9-7-11-30(21-28)41-19-17-32(26-44-41)37-13-3-5-15-39(37)34-23-35(25-36(43)24-34)40-16-6-4-14-38(40)33-18-20-42(45-27-33)31-12-8-10-29(2)22-31/h3-27H,1-2H3. The first kappa shape index (κ1) is 28.5. The molecule has 7 aromatic rings. The summed E-state index contributed by atoms with van der Waals surface area (Å²) in [7, 11) is 0. The van der Waals surface area contributed by atoms with E-state index in [0.29, 0.717) is 5.02 Å². The number of halogens is 1. The van der Waals surface area contributed by atoms with Gasteiger partial charge in [-0.25, -0.2) is 0 Å². The Hall–Kier alpha value is -5.31. The molecule has 0 amide bonds. The lowest BCUT2D eigenvalue weighted by Crippen LogP contribution is -1.91. The molecule has 3 heteroatoms. The number of hydrogen-bond donors (Lipinski definition) is 0. The summed E-state index contributed by atoms with van der Waals surface area (Å²) in [5.74, 6) is 0. The van der Waals surface area contributed by atoms with Crippen molar-refractivity contribution in [1.29, 1.82) is 0 Å². The van der Waals surface area contributed by atoms with Crippen LogP contribution in [0.15, 0.2) is 152 Å². The van der Waals surface area contributed by atoms with Crippen molar-refractivity contribution < 1.29 is 0 Å². The number of aromatic nitrogens is 2. The number of nitrogens with zero attached hydrogens (tertiary/aromatic N) is 2. The van der Waals surface area contributed by atoms with E-state index in [4.69, 9.17) is 21.6 Å². The summed E-state index contributed by atoms with van der Waals surface area (Å²) < 4.78 is 0. The molecule has 0 saturated heterocycles. The van der Waals surface area contributed by atoms with Crippen molar-refractivity contribution in [3.63, 3.8) is 0 Å². The SMILES string of the molecule is Cc1cccc(-c2ccc(-c3ccccc3-c3cc(Cl)cc(-c4ccccc4-c4ccc(-c5cccc(C)c5)nc4)c3)cn2)c1. The highest BCUT2D eigenvalue weighted by atomic mass is 35.5. The summed E-state index contributed by atoms with van der Waals surface area (Å²) in [6, 6.07) is 48.6. The Bertz CT molecular complexity index is 1980. The first-order valence-corrected chi connectivity index (χ1v) is 15.5. The highest BCUT2D eigenvalue weighted by Crippen LogP contribution is 2.39. The summed E-state index contributed by atoms with van der Waals surface area (Å²) in [6.45, 7) is 4.20. The third kappa shape index (κ3) is 6.06. The van der Waals surface area contributed by atoms with E-state index in [-0.39, 0.29) is 0 Å². The Morgan fingerprint density at radius 3 is 1.18 bits per heavy atom. The van der Waals surface area contributed by atoms with E-state index in [9.17, 15) is 0 Å². The minimum atomic E-state index is 0.688. The number of pyridine rings is 2. The quantitative estimate of drug-likeness (QED) is 0.190. The summed E-state index contributed by atoms with van der Waals surface area (Å²) in [5, 5.41) is 0.688. The topological polar surface area (TPSA) is 25.8 Å². The van der Waals surface area contributed by atoms with Crippen molar-refractivity contribution in [1.82, 2.24) is 9.97 Å². The van der Waals surface area contributed by atoms with Gasteiger partial charge in [0.05, 0.1) is 11.4 Å². The number of hydrogen-bond acceptors (Lipinski definition) is 2. The van der Waals surface area contributed by atoms with Crippen molar-refractivity contribution in [3.8, 4) is 67.0 Å². The predicted octanol–water partition coefficient (Wildman–Crippen LogP) is 11.7. The van der Waals surface area contributed by atoms with Crippen LogP contribution < -0.4 is 0 Å². The van der Waals surface area contributed by atoms with Gasteiger partial charge in [-0.05, 0) is 89.7 Å². The predicted molar refractivity (Wildman–Crippen MR) is 189 cm³/mol. The Balaban J connectivity index is 1.25. The molecule has 0 saturated carbocycles. The maximum Gasteiger partial charge on any atom is 0.0702 e. The molecule has 45 heavy (non-hydrogen) atoms. The molecule has 0 aliphatic heterocycles. The zero-order chi connectivity index (χ0) is 30.8. The van der Waals surface area contributed by atoms with Gasteiger partial charge in [0, 0.05) is 39.7 Å². The fraction of sp³-hybridized carbons (Fsp3) is 0.0476. The van der Waals surface area contributed by atoms with Crippen LogP contribution in [0, 0.1) is 13.8 Å². The minimum Gasteiger partial charge on any atom is -0.256 e. The number of aryl methyl sites for hydroxylation is 2. The average Bonchev–Trinajstić information content (AvgIpc) is 3.08. The molecule has 0 spiro atoms. The van der Waals surface area contributed by atoms with Gasteiger partial charge < -0.3 is 0 Å². The highest BCUT2D eigenvalue weighted by molar-refractivity contribution is 6.31. The Morgan fingerprint density at radius 2 is 0.800 bits per heavy atom. The molecule has 5 aromatic carbocycles. The highest BCUT2D eigenvalue weighted by Gasteiger charge is 2.14. The zero-order valence-electron chi connectivity index (χ0n) is 25.2. The molecule has 0 aliphatic rings. The van der Waals surface area contributed by atoms with Crippen LogP contribution in [-0.4, -0.2) is 9.97 Å². The second kappa shape index (κ2) is 12.4. The largest absolute Gasteiger partial charge is 0.256 e. The molecule has 0 atom stereocenters. The van der Waals surface area contributed by atoms with E-state index in [1.54, 1.807) is 0 Å².